The zero-order chi connectivity index (χ0) is 30.6. The van der Waals surface area contributed by atoms with E-state index >= 15 is 0 Å². The van der Waals surface area contributed by atoms with Crippen molar-refractivity contribution in [3.63, 3.8) is 0 Å². The van der Waals surface area contributed by atoms with Crippen LogP contribution in [0.25, 0.3) is 0 Å². The van der Waals surface area contributed by atoms with Gasteiger partial charge in [-0.2, -0.15) is 8.42 Å². The minimum atomic E-state index is -4.24. The second-order valence-electron chi connectivity index (χ2n) is 13.4. The largest absolute Gasteiger partial charge is 0.481 e. The number of nitrogens with zero attached hydrogens (tertiary/aromatic N) is 2. The molecule has 6 rings (SSSR count). The highest BCUT2D eigenvalue weighted by molar-refractivity contribution is 7.90. The van der Waals surface area contributed by atoms with E-state index in [1.165, 1.54) is 6.07 Å². The number of rotatable bonds is 9. The highest BCUT2D eigenvalue weighted by atomic mass is 32.2. The number of nitrogens with one attached hydrogen (secondary N) is 1. The number of carboxylic acids is 1. The van der Waals surface area contributed by atoms with Crippen LogP contribution in [-0.4, -0.2) is 54.6 Å². The smallest absolute Gasteiger partial charge is 0.306 e. The first-order valence-corrected chi connectivity index (χ1v) is 17.0. The number of sulfonamides is 1. The van der Waals surface area contributed by atoms with Gasteiger partial charge >= 0.3 is 5.97 Å². The van der Waals surface area contributed by atoms with Crippen molar-refractivity contribution in [1.29, 1.82) is 0 Å². The molecule has 1 aromatic carbocycles. The Kier molecular flexibility index (Phi) is 7.69. The number of hydrogen-bond acceptors (Lipinski definition) is 8. The van der Waals surface area contributed by atoms with E-state index in [0.717, 1.165) is 49.7 Å². The second kappa shape index (κ2) is 11.1. The van der Waals surface area contributed by atoms with Crippen LogP contribution in [0.4, 0.5) is 5.82 Å². The molecule has 4 fully saturated rings. The van der Waals surface area contributed by atoms with Crippen LogP contribution in [0.5, 0.6) is 5.75 Å². The van der Waals surface area contributed by atoms with Crippen LogP contribution in [0.3, 0.4) is 0 Å². The summed E-state index contributed by atoms with van der Waals surface area (Å²) in [7, 11) is -4.24. The van der Waals surface area contributed by atoms with Gasteiger partial charge in [0.25, 0.3) is 15.9 Å². The van der Waals surface area contributed by atoms with E-state index in [4.69, 9.17) is 10.5 Å². The number of carbonyl (C=O) groups is 2. The Bertz CT molecular complexity index is 1510. The van der Waals surface area contributed by atoms with Crippen molar-refractivity contribution < 1.29 is 27.9 Å². The van der Waals surface area contributed by atoms with Crippen molar-refractivity contribution in [2.24, 2.45) is 23.5 Å². The standard InChI is InChI=1S/C32H42N4O6S/c1-20-10-11-23(21-6-3-4-7-22(21)24-19-25(24)29(37)38)26(18-20)42-32(12-13-32)30(39)35-43(40,41)28-9-5-8-27(34-28)36-16-14-31(2,33)15-17-36/h5,8-11,18,21-22,24-25H,3-4,6-7,12-17,19,33H2,1-2H3,(H,35,39)(H,37,38). The van der Waals surface area contributed by atoms with Gasteiger partial charge in [-0.1, -0.05) is 31.0 Å². The highest BCUT2D eigenvalue weighted by Gasteiger charge is 2.55. The lowest BCUT2D eigenvalue weighted by Crippen LogP contribution is -2.48. The summed E-state index contributed by atoms with van der Waals surface area (Å²) in [5.41, 5.74) is 6.68. The van der Waals surface area contributed by atoms with E-state index in [0.29, 0.717) is 43.9 Å². The first kappa shape index (κ1) is 29.9. The average Bonchev–Trinajstić information content (AvgIpc) is 3.89. The van der Waals surface area contributed by atoms with Crippen LogP contribution in [0.2, 0.25) is 0 Å². The molecule has 10 nitrogen and oxygen atoms in total. The molecule has 4 unspecified atom stereocenters. The second-order valence-corrected chi connectivity index (χ2v) is 15.1. The van der Waals surface area contributed by atoms with Crippen LogP contribution in [-0.2, 0) is 19.6 Å². The van der Waals surface area contributed by atoms with E-state index in [1.807, 2.05) is 36.9 Å². The predicted octanol–water partition coefficient (Wildman–Crippen LogP) is 4.12. The van der Waals surface area contributed by atoms with E-state index in [9.17, 15) is 23.1 Å². The Morgan fingerprint density at radius 3 is 2.47 bits per heavy atom. The van der Waals surface area contributed by atoms with Crippen molar-refractivity contribution in [1.82, 2.24) is 9.71 Å². The van der Waals surface area contributed by atoms with Gasteiger partial charge in [-0.3, -0.25) is 9.59 Å². The minimum Gasteiger partial charge on any atom is -0.481 e. The number of carboxylic acid groups (broad SMARTS) is 1. The van der Waals surface area contributed by atoms with Crippen LogP contribution < -0.4 is 20.1 Å². The molecule has 3 aliphatic carbocycles. The Hall–Kier alpha value is -3.18. The molecule has 1 amide bonds. The molecule has 3 saturated carbocycles. The van der Waals surface area contributed by atoms with Gasteiger partial charge in [0.2, 0.25) is 0 Å². The molecule has 43 heavy (non-hydrogen) atoms. The van der Waals surface area contributed by atoms with Crippen LogP contribution in [0, 0.1) is 24.7 Å². The summed E-state index contributed by atoms with van der Waals surface area (Å²) in [5, 5.41) is 9.36. The molecular formula is C32H42N4O6S. The number of ether oxygens (including phenoxy) is 1. The lowest BCUT2D eigenvalue weighted by molar-refractivity contribution is -0.139. The number of aryl methyl sites for hydroxylation is 1. The van der Waals surface area contributed by atoms with Crippen molar-refractivity contribution in [3.05, 3.63) is 47.5 Å². The first-order chi connectivity index (χ1) is 20.4. The van der Waals surface area contributed by atoms with Gasteiger partial charge in [-0.05, 0) is 93.0 Å². The van der Waals surface area contributed by atoms with Gasteiger partial charge in [-0.15, -0.1) is 0 Å². The van der Waals surface area contributed by atoms with Gasteiger partial charge in [0.15, 0.2) is 10.6 Å². The number of carbonyl (C=O) groups excluding carboxylic acids is 1. The molecule has 4 aliphatic rings. The van der Waals surface area contributed by atoms with Gasteiger partial charge in [0.05, 0.1) is 5.92 Å². The van der Waals surface area contributed by atoms with E-state index in [1.54, 1.807) is 12.1 Å². The Labute approximate surface area is 253 Å². The lowest BCUT2D eigenvalue weighted by Gasteiger charge is -2.37. The third-order valence-electron chi connectivity index (χ3n) is 9.96. The number of amides is 1. The summed E-state index contributed by atoms with van der Waals surface area (Å²) in [5.74, 6) is -0.0259. The molecule has 2 aromatic rings. The van der Waals surface area contributed by atoms with E-state index in [2.05, 4.69) is 9.71 Å². The molecule has 4 atom stereocenters. The van der Waals surface area contributed by atoms with Crippen molar-refractivity contribution in [2.75, 3.05) is 18.0 Å². The number of hydrogen-bond donors (Lipinski definition) is 3. The predicted molar refractivity (Wildman–Crippen MR) is 161 cm³/mol. The molecule has 0 bridgehead atoms. The maximum absolute atomic E-state index is 13.5. The fourth-order valence-corrected chi connectivity index (χ4v) is 8.02. The van der Waals surface area contributed by atoms with Crippen molar-refractivity contribution in [3.8, 4) is 5.75 Å². The summed E-state index contributed by atoms with van der Waals surface area (Å²) in [6, 6.07) is 10.8. The molecule has 0 spiro atoms. The van der Waals surface area contributed by atoms with Gasteiger partial charge in [0, 0.05) is 31.5 Å². The third-order valence-corrected chi connectivity index (χ3v) is 11.2. The number of aliphatic carboxylic acids is 1. The number of nitrogens with two attached hydrogens (primary N) is 1. The zero-order valence-corrected chi connectivity index (χ0v) is 25.7. The molecule has 1 saturated heterocycles. The molecule has 1 aliphatic heterocycles. The molecule has 11 heteroatoms. The monoisotopic (exact) mass is 610 g/mol. The van der Waals surface area contributed by atoms with Crippen molar-refractivity contribution in [2.45, 2.75) is 93.7 Å². The minimum absolute atomic E-state index is 0.139. The summed E-state index contributed by atoms with van der Waals surface area (Å²) >= 11 is 0. The van der Waals surface area contributed by atoms with Gasteiger partial charge in [-0.25, -0.2) is 9.71 Å². The number of aromatic nitrogens is 1. The van der Waals surface area contributed by atoms with Gasteiger partial charge in [0.1, 0.15) is 11.6 Å². The molecule has 1 aromatic heterocycles. The summed E-state index contributed by atoms with van der Waals surface area (Å²) in [6.45, 7) is 5.31. The quantitative estimate of drug-likeness (QED) is 0.381. The molecular weight excluding hydrogens is 568 g/mol. The van der Waals surface area contributed by atoms with Crippen LogP contribution >= 0.6 is 0 Å². The first-order valence-electron chi connectivity index (χ1n) is 15.5. The number of pyridine rings is 1. The van der Waals surface area contributed by atoms with E-state index < -0.39 is 27.5 Å². The third kappa shape index (κ3) is 6.24. The van der Waals surface area contributed by atoms with Gasteiger partial charge < -0.3 is 20.5 Å². The Balaban J connectivity index is 1.19. The topological polar surface area (TPSA) is 152 Å². The number of piperidine rings is 1. The zero-order valence-electron chi connectivity index (χ0n) is 24.9. The number of benzene rings is 1. The summed E-state index contributed by atoms with van der Waals surface area (Å²) in [4.78, 5) is 31.6. The fourth-order valence-electron chi connectivity index (χ4n) is 7.01. The Morgan fingerprint density at radius 1 is 1.07 bits per heavy atom. The molecule has 0 radical (unpaired) electrons. The summed E-state index contributed by atoms with van der Waals surface area (Å²) in [6.07, 6.45) is 7.10. The van der Waals surface area contributed by atoms with E-state index in [-0.39, 0.29) is 34.2 Å². The fraction of sp³-hybridized carbons (Fsp3) is 0.594. The van der Waals surface area contributed by atoms with Crippen LogP contribution in [0.15, 0.2) is 41.4 Å². The maximum atomic E-state index is 13.5. The Morgan fingerprint density at radius 2 is 1.79 bits per heavy atom. The van der Waals surface area contributed by atoms with Crippen molar-refractivity contribution >= 4 is 27.7 Å². The summed E-state index contributed by atoms with van der Waals surface area (Å²) < 4.78 is 35.4. The molecule has 232 valence electrons. The lowest BCUT2D eigenvalue weighted by atomic mass is 9.72. The molecule has 2 heterocycles. The highest BCUT2D eigenvalue weighted by Crippen LogP contribution is 2.56. The van der Waals surface area contributed by atoms with Crippen LogP contribution in [0.1, 0.15) is 81.8 Å². The number of anilines is 1. The SMILES string of the molecule is Cc1ccc(C2CCCCC2C2CC2C(=O)O)c(OC2(C(=O)NS(=O)(=O)c3cccc(N4CCC(C)(N)CC4)n3)CC2)c1. The normalized spacial score (nSPS) is 27.7. The molecule has 4 N–H and O–H groups in total. The maximum Gasteiger partial charge on any atom is 0.306 e. The average molecular weight is 611 g/mol.